The molecule has 1 aliphatic heterocycles. The Kier molecular flexibility index (Phi) is 8.24. The molecule has 0 aromatic carbocycles. The van der Waals surface area contributed by atoms with E-state index in [0.29, 0.717) is 11.5 Å². The molecule has 1 aromatic rings. The average molecular weight is 455 g/mol. The Labute approximate surface area is 180 Å². The number of pyridine rings is 1. The summed E-state index contributed by atoms with van der Waals surface area (Å²) in [4.78, 5) is 56.2. The van der Waals surface area contributed by atoms with Gasteiger partial charge in [-0.3, -0.25) is 19.2 Å². The fraction of sp³-hybridized carbons (Fsp3) is 0.444. The number of aliphatic carboxylic acids is 2. The smallest absolute Gasteiger partial charge is 0.318 e. The number of rotatable bonds is 10. The molecule has 3 unspecified atom stereocenters. The number of carboxylic acid groups (broad SMARTS) is 2. The number of hydrogen-bond acceptors (Lipinski definition) is 8. The first-order chi connectivity index (χ1) is 14.1. The summed E-state index contributed by atoms with van der Waals surface area (Å²) < 4.78 is 0. The molecule has 2 heterocycles. The molecule has 0 bridgehead atoms. The summed E-state index contributed by atoms with van der Waals surface area (Å²) in [6.45, 7) is 3.94. The quantitative estimate of drug-likeness (QED) is 0.206. The number of aliphatic imine (C=N–C) groups is 1. The lowest BCUT2D eigenvalue weighted by atomic mass is 10.1. The molecule has 10 nitrogen and oxygen atoms in total. The molecule has 4 N–H and O–H groups in total. The average Bonchev–Trinajstić information content (AvgIpc) is 2.98. The Balaban J connectivity index is 2.07. The van der Waals surface area contributed by atoms with Gasteiger partial charge in [0.2, 0.25) is 11.8 Å². The van der Waals surface area contributed by atoms with E-state index >= 15 is 0 Å². The van der Waals surface area contributed by atoms with Crippen molar-refractivity contribution in [2.75, 3.05) is 4.90 Å². The maximum atomic E-state index is 12.6. The van der Waals surface area contributed by atoms with Crippen LogP contribution in [0.25, 0.3) is 0 Å². The minimum Gasteiger partial charge on any atom is -0.481 e. The molecule has 30 heavy (non-hydrogen) atoms. The fourth-order valence-corrected chi connectivity index (χ4v) is 5.09. The van der Waals surface area contributed by atoms with Crippen LogP contribution in [0.1, 0.15) is 33.1 Å². The molecule has 1 fully saturated rings. The lowest BCUT2D eigenvalue weighted by Gasteiger charge is -2.15. The van der Waals surface area contributed by atoms with Gasteiger partial charge >= 0.3 is 11.9 Å². The van der Waals surface area contributed by atoms with Gasteiger partial charge in [0, 0.05) is 12.3 Å². The number of anilines is 1. The van der Waals surface area contributed by atoms with Gasteiger partial charge in [0.1, 0.15) is 22.2 Å². The minimum absolute atomic E-state index is 0.109. The molecule has 0 saturated carbocycles. The van der Waals surface area contributed by atoms with Crippen LogP contribution >= 0.6 is 21.6 Å². The Morgan fingerprint density at radius 1 is 1.37 bits per heavy atom. The number of aromatic nitrogens is 1. The molecule has 3 atom stereocenters. The number of imide groups is 1. The zero-order valence-electron chi connectivity index (χ0n) is 16.3. The van der Waals surface area contributed by atoms with Gasteiger partial charge in [0.25, 0.3) is 0 Å². The highest BCUT2D eigenvalue weighted by molar-refractivity contribution is 8.77. The van der Waals surface area contributed by atoms with Crippen LogP contribution in [0.4, 0.5) is 11.5 Å². The van der Waals surface area contributed by atoms with Crippen molar-refractivity contribution in [2.24, 2.45) is 16.6 Å². The van der Waals surface area contributed by atoms with E-state index in [-0.39, 0.29) is 18.2 Å². The van der Waals surface area contributed by atoms with Gasteiger partial charge in [-0.05, 0) is 18.6 Å². The van der Waals surface area contributed by atoms with Gasteiger partial charge < -0.3 is 15.9 Å². The van der Waals surface area contributed by atoms with E-state index in [0.717, 1.165) is 32.9 Å². The first-order valence-electron chi connectivity index (χ1n) is 9.07. The van der Waals surface area contributed by atoms with Crippen molar-refractivity contribution in [2.45, 2.75) is 43.6 Å². The summed E-state index contributed by atoms with van der Waals surface area (Å²) in [5, 5.41) is 15.8. The predicted molar refractivity (Wildman–Crippen MR) is 115 cm³/mol. The Bertz CT molecular complexity index is 861. The lowest BCUT2D eigenvalue weighted by molar-refractivity contribution is -0.142. The van der Waals surface area contributed by atoms with Crippen molar-refractivity contribution in [3.05, 3.63) is 18.3 Å². The Morgan fingerprint density at radius 3 is 2.60 bits per heavy atom. The second kappa shape index (κ2) is 10.4. The molecular weight excluding hydrogens is 432 g/mol. The summed E-state index contributed by atoms with van der Waals surface area (Å²) in [5.74, 6) is -2.84. The summed E-state index contributed by atoms with van der Waals surface area (Å²) in [6, 6.07) is 3.09. The largest absolute Gasteiger partial charge is 0.481 e. The molecule has 1 aromatic heterocycles. The third kappa shape index (κ3) is 5.95. The topological polar surface area (TPSA) is 163 Å². The van der Waals surface area contributed by atoms with Crippen molar-refractivity contribution in [3.8, 4) is 0 Å². The van der Waals surface area contributed by atoms with E-state index in [1.54, 1.807) is 6.07 Å². The monoisotopic (exact) mass is 454 g/mol. The van der Waals surface area contributed by atoms with E-state index < -0.39 is 40.7 Å². The maximum absolute atomic E-state index is 12.6. The minimum atomic E-state index is -1.29. The van der Waals surface area contributed by atoms with Crippen LogP contribution in [0.3, 0.4) is 0 Å². The predicted octanol–water partition coefficient (Wildman–Crippen LogP) is 2.06. The summed E-state index contributed by atoms with van der Waals surface area (Å²) in [6.07, 6.45) is 1.53. The van der Waals surface area contributed by atoms with Crippen molar-refractivity contribution < 1.29 is 29.4 Å². The first-order valence-corrected chi connectivity index (χ1v) is 11.3. The van der Waals surface area contributed by atoms with Crippen LogP contribution in [-0.4, -0.2) is 55.3 Å². The van der Waals surface area contributed by atoms with Crippen LogP contribution in [0, 0.1) is 5.92 Å². The highest BCUT2D eigenvalue weighted by atomic mass is 33.1. The Hall–Kier alpha value is -2.60. The van der Waals surface area contributed by atoms with Gasteiger partial charge in [0.05, 0.1) is 18.3 Å². The van der Waals surface area contributed by atoms with Crippen molar-refractivity contribution >= 4 is 62.7 Å². The number of nitrogens with zero attached hydrogens (tertiary/aromatic N) is 3. The highest BCUT2D eigenvalue weighted by Crippen LogP contribution is 2.39. The van der Waals surface area contributed by atoms with Crippen LogP contribution in [0.15, 0.2) is 23.3 Å². The Morgan fingerprint density at radius 2 is 2.07 bits per heavy atom. The number of hydrogen-bond donors (Lipinski definition) is 3. The van der Waals surface area contributed by atoms with Crippen LogP contribution in [-0.2, 0) is 19.2 Å². The normalized spacial score (nSPS) is 19.1. The second-order valence-electron chi connectivity index (χ2n) is 6.60. The standard InChI is InChI=1S/C18H22N4O6S2/c1-3-9(2)16(19)21-10-4-5-13(20-8-10)22-14(23)6-11(17(22)26)29-30-12(18(27)28)7-15(24)25/h4-5,8-9,11-12H,3,6-7H2,1-2H3,(H2,19,21)(H,24,25)(H,27,28). The van der Waals surface area contributed by atoms with Crippen molar-refractivity contribution in [1.29, 1.82) is 0 Å². The van der Waals surface area contributed by atoms with Crippen molar-refractivity contribution in [3.63, 3.8) is 0 Å². The second-order valence-corrected chi connectivity index (χ2v) is 9.28. The molecule has 162 valence electrons. The number of amidine groups is 1. The van der Waals surface area contributed by atoms with Gasteiger partial charge in [-0.15, -0.1) is 0 Å². The lowest BCUT2D eigenvalue weighted by Crippen LogP contribution is -2.31. The zero-order chi connectivity index (χ0) is 22.4. The van der Waals surface area contributed by atoms with E-state index in [1.165, 1.54) is 12.3 Å². The van der Waals surface area contributed by atoms with E-state index in [9.17, 15) is 19.2 Å². The van der Waals surface area contributed by atoms with Crippen molar-refractivity contribution in [1.82, 2.24) is 4.98 Å². The van der Waals surface area contributed by atoms with Crippen LogP contribution in [0.5, 0.6) is 0 Å². The zero-order valence-corrected chi connectivity index (χ0v) is 18.0. The molecule has 12 heteroatoms. The fourth-order valence-electron chi connectivity index (χ4n) is 2.42. The van der Waals surface area contributed by atoms with Gasteiger partial charge in [-0.1, -0.05) is 35.4 Å². The molecule has 2 rings (SSSR count). The molecule has 1 saturated heterocycles. The number of carbonyl (C=O) groups is 4. The van der Waals surface area contributed by atoms with E-state index in [2.05, 4.69) is 9.98 Å². The van der Waals surface area contributed by atoms with Crippen LogP contribution in [0.2, 0.25) is 0 Å². The molecule has 0 radical (unpaired) electrons. The highest BCUT2D eigenvalue weighted by Gasteiger charge is 2.41. The van der Waals surface area contributed by atoms with Gasteiger partial charge in [0.15, 0.2) is 0 Å². The third-order valence-corrected chi connectivity index (χ3v) is 7.40. The van der Waals surface area contributed by atoms with E-state index in [4.69, 9.17) is 15.9 Å². The van der Waals surface area contributed by atoms with Gasteiger partial charge in [-0.25, -0.2) is 14.9 Å². The molecule has 0 aliphatic carbocycles. The first kappa shape index (κ1) is 23.7. The molecule has 0 spiro atoms. The third-order valence-electron chi connectivity index (χ3n) is 4.37. The molecule has 2 amide bonds. The SMILES string of the molecule is CCC(C)C(N)=Nc1ccc(N2C(=O)CC(SSC(CC(=O)O)C(=O)O)C2=O)nc1. The summed E-state index contributed by atoms with van der Waals surface area (Å²) >= 11 is 0. The van der Waals surface area contributed by atoms with Gasteiger partial charge in [-0.2, -0.15) is 0 Å². The number of nitrogens with two attached hydrogens (primary N) is 1. The number of carboxylic acids is 2. The summed E-state index contributed by atoms with van der Waals surface area (Å²) in [7, 11) is 1.64. The van der Waals surface area contributed by atoms with E-state index in [1.807, 2.05) is 13.8 Å². The molecular formula is C18H22N4O6S2. The maximum Gasteiger partial charge on any atom is 0.318 e. The summed E-state index contributed by atoms with van der Waals surface area (Å²) in [5.41, 5.74) is 6.41. The molecule has 1 aliphatic rings. The number of carbonyl (C=O) groups excluding carboxylic acids is 2. The van der Waals surface area contributed by atoms with Crippen LogP contribution < -0.4 is 10.6 Å². The number of amides is 2.